The van der Waals surface area contributed by atoms with Gasteiger partial charge in [-0.05, 0) is 49.7 Å². The van der Waals surface area contributed by atoms with Crippen LogP contribution in [0, 0.1) is 6.92 Å². The van der Waals surface area contributed by atoms with Crippen LogP contribution in [0.5, 0.6) is 0 Å². The summed E-state index contributed by atoms with van der Waals surface area (Å²) in [4.78, 5) is 32.8. The van der Waals surface area contributed by atoms with Gasteiger partial charge in [0.25, 0.3) is 5.91 Å². The molecule has 0 radical (unpaired) electrons. The first-order chi connectivity index (χ1) is 12.6. The van der Waals surface area contributed by atoms with E-state index in [1.807, 2.05) is 23.6 Å². The Morgan fingerprint density at radius 2 is 2.00 bits per heavy atom. The molecule has 0 unspecified atom stereocenters. The molecule has 1 fully saturated rings. The summed E-state index contributed by atoms with van der Waals surface area (Å²) in [6.07, 6.45) is 1.48. The number of aromatic nitrogens is 1. The number of hydrogen-bond donors (Lipinski definition) is 1. The number of hydrogen-bond acceptors (Lipinski definition) is 5. The van der Waals surface area contributed by atoms with E-state index in [1.54, 1.807) is 28.4 Å². The lowest BCUT2D eigenvalue weighted by Crippen LogP contribution is -2.23. The highest BCUT2D eigenvalue weighted by Crippen LogP contribution is 2.30. The van der Waals surface area contributed by atoms with E-state index < -0.39 is 0 Å². The van der Waals surface area contributed by atoms with Crippen LogP contribution in [0.4, 0.5) is 10.8 Å². The number of amides is 2. The fraction of sp³-hybridized carbons (Fsp3) is 0.211. The zero-order valence-corrected chi connectivity index (χ0v) is 15.8. The Morgan fingerprint density at radius 1 is 1.19 bits per heavy atom. The summed E-state index contributed by atoms with van der Waals surface area (Å²) >= 11 is 3.09. The van der Waals surface area contributed by atoms with Crippen LogP contribution in [0.1, 0.15) is 28.1 Å². The smallest absolute Gasteiger partial charge is 0.257 e. The van der Waals surface area contributed by atoms with Crippen molar-refractivity contribution in [1.29, 1.82) is 0 Å². The van der Waals surface area contributed by atoms with Gasteiger partial charge in [-0.2, -0.15) is 0 Å². The second kappa shape index (κ2) is 7.01. The first-order valence-corrected chi connectivity index (χ1v) is 10.0. The molecule has 0 saturated carbocycles. The minimum absolute atomic E-state index is 0.140. The number of thiophene rings is 1. The Kier molecular flexibility index (Phi) is 4.57. The predicted octanol–water partition coefficient (Wildman–Crippen LogP) is 4.56. The molecular weight excluding hydrogens is 366 g/mol. The van der Waals surface area contributed by atoms with Crippen molar-refractivity contribution >= 4 is 45.3 Å². The van der Waals surface area contributed by atoms with Crippen LogP contribution < -0.4 is 10.2 Å². The molecule has 1 aliphatic rings. The summed E-state index contributed by atoms with van der Waals surface area (Å²) in [5.41, 5.74) is 2.27. The molecule has 2 amide bonds. The number of anilines is 2. The van der Waals surface area contributed by atoms with Gasteiger partial charge in [0, 0.05) is 34.5 Å². The first kappa shape index (κ1) is 16.9. The average Bonchev–Trinajstić information content (AvgIpc) is 3.36. The van der Waals surface area contributed by atoms with Crippen molar-refractivity contribution in [3.63, 3.8) is 0 Å². The molecule has 1 N–H and O–H groups in total. The van der Waals surface area contributed by atoms with Gasteiger partial charge in [-0.15, -0.1) is 22.7 Å². The summed E-state index contributed by atoms with van der Waals surface area (Å²) in [6, 6.07) is 11.2. The molecule has 1 aromatic carbocycles. The minimum Gasteiger partial charge on any atom is -0.312 e. The highest BCUT2D eigenvalue weighted by Gasteiger charge is 2.21. The lowest BCUT2D eigenvalue weighted by atomic mass is 10.2. The van der Waals surface area contributed by atoms with Crippen molar-refractivity contribution in [2.24, 2.45) is 0 Å². The third-order valence-electron chi connectivity index (χ3n) is 4.23. The molecule has 0 atom stereocenters. The van der Waals surface area contributed by atoms with E-state index in [0.29, 0.717) is 17.1 Å². The van der Waals surface area contributed by atoms with Crippen molar-refractivity contribution in [2.75, 3.05) is 16.8 Å². The van der Waals surface area contributed by atoms with E-state index >= 15 is 0 Å². The first-order valence-electron chi connectivity index (χ1n) is 8.34. The van der Waals surface area contributed by atoms with E-state index in [0.717, 1.165) is 29.2 Å². The Hall–Kier alpha value is -2.51. The number of nitrogens with zero attached hydrogens (tertiary/aromatic N) is 2. The Morgan fingerprint density at radius 3 is 2.65 bits per heavy atom. The quantitative estimate of drug-likeness (QED) is 0.718. The number of thiazole rings is 1. The number of benzene rings is 1. The summed E-state index contributed by atoms with van der Waals surface area (Å²) < 4.78 is 0. The largest absolute Gasteiger partial charge is 0.312 e. The van der Waals surface area contributed by atoms with Gasteiger partial charge in [-0.1, -0.05) is 0 Å². The average molecular weight is 383 g/mol. The van der Waals surface area contributed by atoms with Gasteiger partial charge < -0.3 is 4.90 Å². The Bertz CT molecular complexity index is 959. The molecule has 5 nitrogen and oxygen atoms in total. The highest BCUT2D eigenvalue weighted by molar-refractivity contribution is 7.17. The molecule has 3 aromatic rings. The van der Waals surface area contributed by atoms with Crippen LogP contribution >= 0.6 is 22.7 Å². The fourth-order valence-corrected chi connectivity index (χ4v) is 4.51. The predicted molar refractivity (Wildman–Crippen MR) is 106 cm³/mol. The standard InChI is InChI=1S/C19H17N3O2S2/c1-12-4-9-16(26-12)15-11-25-19(20-15)21-18(24)13-5-7-14(8-6-13)22-10-2-3-17(22)23/h4-9,11H,2-3,10H2,1H3,(H,20,21,24). The van der Waals surface area contributed by atoms with E-state index in [4.69, 9.17) is 0 Å². The monoisotopic (exact) mass is 383 g/mol. The summed E-state index contributed by atoms with van der Waals surface area (Å²) in [5, 5.41) is 5.37. The lowest BCUT2D eigenvalue weighted by Gasteiger charge is -2.15. The summed E-state index contributed by atoms with van der Waals surface area (Å²) in [5.74, 6) is -0.0612. The minimum atomic E-state index is -0.201. The maximum Gasteiger partial charge on any atom is 0.257 e. The Labute approximate surface area is 159 Å². The zero-order chi connectivity index (χ0) is 18.1. The Balaban J connectivity index is 1.45. The molecule has 0 spiro atoms. The maximum atomic E-state index is 12.4. The third-order valence-corrected chi connectivity index (χ3v) is 6.01. The van der Waals surface area contributed by atoms with Crippen LogP contribution in [0.15, 0.2) is 41.8 Å². The molecule has 4 rings (SSSR count). The molecule has 0 bridgehead atoms. The van der Waals surface area contributed by atoms with Gasteiger partial charge in [0.15, 0.2) is 5.13 Å². The number of aryl methyl sites for hydroxylation is 1. The summed E-state index contributed by atoms with van der Waals surface area (Å²) in [7, 11) is 0. The zero-order valence-electron chi connectivity index (χ0n) is 14.2. The topological polar surface area (TPSA) is 62.3 Å². The second-order valence-corrected chi connectivity index (χ2v) is 8.24. The van der Waals surface area contributed by atoms with E-state index in [1.165, 1.54) is 16.2 Å². The number of carbonyl (C=O) groups excluding carboxylic acids is 2. The van der Waals surface area contributed by atoms with Gasteiger partial charge in [-0.25, -0.2) is 4.98 Å². The number of nitrogens with one attached hydrogen (secondary N) is 1. The molecule has 132 valence electrons. The molecule has 3 heterocycles. The van der Waals surface area contributed by atoms with Gasteiger partial charge in [0.05, 0.1) is 10.6 Å². The maximum absolute atomic E-state index is 12.4. The van der Waals surface area contributed by atoms with Crippen molar-refractivity contribution < 1.29 is 9.59 Å². The molecular formula is C19H17N3O2S2. The van der Waals surface area contributed by atoms with Crippen LogP contribution in [0.3, 0.4) is 0 Å². The molecule has 7 heteroatoms. The number of rotatable bonds is 4. The highest BCUT2D eigenvalue weighted by atomic mass is 32.1. The SMILES string of the molecule is Cc1ccc(-c2csc(NC(=O)c3ccc(N4CCCC4=O)cc3)n2)s1. The summed E-state index contributed by atoms with van der Waals surface area (Å²) in [6.45, 7) is 2.80. The van der Waals surface area contributed by atoms with Crippen molar-refractivity contribution in [1.82, 2.24) is 4.98 Å². The van der Waals surface area contributed by atoms with Crippen LogP contribution in [-0.4, -0.2) is 23.3 Å². The third kappa shape index (κ3) is 3.40. The molecule has 26 heavy (non-hydrogen) atoms. The van der Waals surface area contributed by atoms with Gasteiger partial charge >= 0.3 is 0 Å². The van der Waals surface area contributed by atoms with E-state index in [-0.39, 0.29) is 11.8 Å². The molecule has 1 aliphatic heterocycles. The molecule has 2 aromatic heterocycles. The van der Waals surface area contributed by atoms with Gasteiger partial charge in [0.1, 0.15) is 0 Å². The molecule has 1 saturated heterocycles. The van der Waals surface area contributed by atoms with E-state index in [9.17, 15) is 9.59 Å². The van der Waals surface area contributed by atoms with E-state index in [2.05, 4.69) is 23.3 Å². The van der Waals surface area contributed by atoms with Gasteiger partial charge in [-0.3, -0.25) is 14.9 Å². The second-order valence-electron chi connectivity index (χ2n) is 6.10. The van der Waals surface area contributed by atoms with Crippen LogP contribution in [-0.2, 0) is 4.79 Å². The number of carbonyl (C=O) groups is 2. The lowest BCUT2D eigenvalue weighted by molar-refractivity contribution is -0.117. The van der Waals surface area contributed by atoms with Crippen LogP contribution in [0.25, 0.3) is 10.6 Å². The normalized spacial score (nSPS) is 14.0. The van der Waals surface area contributed by atoms with Gasteiger partial charge in [0.2, 0.25) is 5.91 Å². The fourth-order valence-electron chi connectivity index (χ4n) is 2.90. The van der Waals surface area contributed by atoms with Crippen LogP contribution in [0.2, 0.25) is 0 Å². The van der Waals surface area contributed by atoms with Crippen molar-refractivity contribution in [2.45, 2.75) is 19.8 Å². The van der Waals surface area contributed by atoms with Crippen molar-refractivity contribution in [3.05, 3.63) is 52.2 Å². The van der Waals surface area contributed by atoms with Crippen molar-refractivity contribution in [3.8, 4) is 10.6 Å². The molecule has 0 aliphatic carbocycles.